The predicted molar refractivity (Wildman–Crippen MR) is 220 cm³/mol. The SMILES string of the molecule is COc1cc(CC(=O)C2CCCC2)cc(-c2cccc3c2OCCO3)n1.COc1cc(CC(=O)[C@@H]2CCN(C(=O)OC(C)(C)C)C2)cc(-c2cccc3c2OCCO3)n1. The summed E-state index contributed by atoms with van der Waals surface area (Å²) in [5.74, 6) is 4.05. The maximum absolute atomic E-state index is 13.1. The number of ketones is 2. The molecule has 1 saturated heterocycles. The molecule has 1 saturated carbocycles. The molecule has 59 heavy (non-hydrogen) atoms. The minimum atomic E-state index is -0.561. The smallest absolute Gasteiger partial charge is 0.410 e. The molecule has 3 aliphatic heterocycles. The lowest BCUT2D eigenvalue weighted by Crippen LogP contribution is -2.36. The van der Waals surface area contributed by atoms with Gasteiger partial charge in [0.15, 0.2) is 23.0 Å². The molecule has 4 aromatic rings. The van der Waals surface area contributed by atoms with Crippen molar-refractivity contribution in [2.75, 3.05) is 53.7 Å². The summed E-state index contributed by atoms with van der Waals surface area (Å²) in [6.07, 6.45) is 5.26. The Kier molecular flexibility index (Phi) is 12.9. The summed E-state index contributed by atoms with van der Waals surface area (Å²) < 4.78 is 39.2. The third kappa shape index (κ3) is 10.2. The van der Waals surface area contributed by atoms with Crippen molar-refractivity contribution < 1.29 is 47.5 Å². The predicted octanol–water partition coefficient (Wildman–Crippen LogP) is 7.73. The fraction of sp³-hybridized carbons (Fsp3) is 0.457. The summed E-state index contributed by atoms with van der Waals surface area (Å²) in [4.78, 5) is 48.7. The molecule has 1 aliphatic carbocycles. The zero-order valence-corrected chi connectivity index (χ0v) is 34.5. The minimum Gasteiger partial charge on any atom is -0.486 e. The Hall–Kier alpha value is -5.85. The number of amides is 1. The number of hydrogen-bond acceptors (Lipinski definition) is 12. The molecule has 5 heterocycles. The van der Waals surface area contributed by atoms with E-state index in [0.29, 0.717) is 92.8 Å². The van der Waals surface area contributed by atoms with Gasteiger partial charge in [0.05, 0.1) is 25.6 Å². The number of Topliss-reactive ketones (excluding diaryl/α,β-unsaturated/α-hetero) is 2. The highest BCUT2D eigenvalue weighted by Gasteiger charge is 2.33. The van der Waals surface area contributed by atoms with Gasteiger partial charge in [0.25, 0.3) is 0 Å². The van der Waals surface area contributed by atoms with Gasteiger partial charge in [-0.25, -0.2) is 14.8 Å². The molecule has 2 aromatic heterocycles. The van der Waals surface area contributed by atoms with Gasteiger partial charge in [-0.05, 0) is 87.6 Å². The Bertz CT molecular complexity index is 2160. The molecule has 0 unspecified atom stereocenters. The van der Waals surface area contributed by atoms with Crippen molar-refractivity contribution in [3.8, 4) is 57.3 Å². The van der Waals surface area contributed by atoms with Gasteiger partial charge >= 0.3 is 6.09 Å². The number of benzene rings is 2. The van der Waals surface area contributed by atoms with Crippen LogP contribution in [0.15, 0.2) is 60.7 Å². The Morgan fingerprint density at radius 1 is 0.678 bits per heavy atom. The molecule has 1 atom stereocenters. The van der Waals surface area contributed by atoms with Crippen LogP contribution in [0.2, 0.25) is 0 Å². The second kappa shape index (κ2) is 18.4. The van der Waals surface area contributed by atoms with E-state index < -0.39 is 5.60 Å². The van der Waals surface area contributed by atoms with Crippen molar-refractivity contribution >= 4 is 17.7 Å². The molecule has 1 amide bonds. The number of methoxy groups -OCH3 is 2. The topological polar surface area (TPSA) is 145 Å². The molecule has 2 aromatic carbocycles. The van der Waals surface area contributed by atoms with Gasteiger partial charge in [0, 0.05) is 61.0 Å². The third-order valence-electron chi connectivity index (χ3n) is 10.7. The van der Waals surface area contributed by atoms with Gasteiger partial charge in [-0.3, -0.25) is 9.59 Å². The lowest BCUT2D eigenvalue weighted by molar-refractivity contribution is -0.122. The first-order chi connectivity index (χ1) is 28.5. The quantitative estimate of drug-likeness (QED) is 0.155. The number of aromatic nitrogens is 2. The molecular weight excluding hydrogens is 755 g/mol. The number of nitrogens with zero attached hydrogens (tertiary/aromatic N) is 3. The summed E-state index contributed by atoms with van der Waals surface area (Å²) in [7, 11) is 3.14. The van der Waals surface area contributed by atoms with Crippen molar-refractivity contribution in [2.24, 2.45) is 11.8 Å². The number of carbonyl (C=O) groups is 3. The van der Waals surface area contributed by atoms with Crippen LogP contribution >= 0.6 is 0 Å². The van der Waals surface area contributed by atoms with Crippen molar-refractivity contribution in [3.63, 3.8) is 0 Å². The van der Waals surface area contributed by atoms with E-state index in [9.17, 15) is 14.4 Å². The lowest BCUT2D eigenvalue weighted by atomic mass is 9.96. The van der Waals surface area contributed by atoms with Gasteiger partial charge in [-0.15, -0.1) is 0 Å². The Labute approximate surface area is 345 Å². The fourth-order valence-electron chi connectivity index (χ4n) is 7.81. The fourth-order valence-corrected chi connectivity index (χ4v) is 7.81. The van der Waals surface area contributed by atoms with Crippen LogP contribution in [0.1, 0.15) is 64.0 Å². The lowest BCUT2D eigenvalue weighted by Gasteiger charge is -2.24. The first-order valence-corrected chi connectivity index (χ1v) is 20.4. The second-order valence-electron chi connectivity index (χ2n) is 16.1. The van der Waals surface area contributed by atoms with Gasteiger partial charge in [0.2, 0.25) is 11.8 Å². The highest BCUT2D eigenvalue weighted by atomic mass is 16.6. The van der Waals surface area contributed by atoms with Gasteiger partial charge in [-0.1, -0.05) is 25.0 Å². The zero-order valence-electron chi connectivity index (χ0n) is 34.5. The number of fused-ring (bicyclic) bond motifs is 2. The number of hydrogen-bond donors (Lipinski definition) is 0. The Morgan fingerprint density at radius 2 is 1.17 bits per heavy atom. The van der Waals surface area contributed by atoms with E-state index in [4.69, 9.17) is 33.2 Å². The molecule has 0 spiro atoms. The van der Waals surface area contributed by atoms with Gasteiger partial charge < -0.3 is 38.1 Å². The third-order valence-corrected chi connectivity index (χ3v) is 10.7. The summed E-state index contributed by atoms with van der Waals surface area (Å²) >= 11 is 0. The summed E-state index contributed by atoms with van der Waals surface area (Å²) in [6, 6.07) is 18.9. The molecule has 0 radical (unpaired) electrons. The molecule has 4 aliphatic rings. The van der Waals surface area contributed by atoms with Crippen LogP contribution in [0.5, 0.6) is 34.8 Å². The van der Waals surface area contributed by atoms with Gasteiger partial charge in [0.1, 0.15) is 43.6 Å². The second-order valence-corrected chi connectivity index (χ2v) is 16.1. The van der Waals surface area contributed by atoms with E-state index in [-0.39, 0.29) is 30.1 Å². The van der Waals surface area contributed by atoms with Crippen LogP contribution in [0.4, 0.5) is 4.79 Å². The molecule has 8 rings (SSSR count). The molecule has 0 N–H and O–H groups in total. The number of pyridine rings is 2. The molecule has 13 nitrogen and oxygen atoms in total. The minimum absolute atomic E-state index is 0.0786. The van der Waals surface area contributed by atoms with E-state index in [1.165, 1.54) is 0 Å². The highest BCUT2D eigenvalue weighted by Crippen LogP contribution is 2.41. The Morgan fingerprint density at radius 3 is 1.66 bits per heavy atom. The van der Waals surface area contributed by atoms with Crippen molar-refractivity contribution in [1.29, 1.82) is 0 Å². The first-order valence-electron chi connectivity index (χ1n) is 20.4. The molecule has 312 valence electrons. The standard InChI is InChI=1S/C25H30N2O6.C21H23NO4/c1-25(2,3)33-24(29)27-9-8-17(15-27)20(28)13-16-12-19(26-22(14-16)30-4)18-6-5-7-21-23(18)32-11-10-31-21;1-24-20-13-14(12-18(23)15-5-2-3-6-15)11-17(22-20)16-7-4-8-19-21(16)26-10-9-25-19/h5-7,12,14,17H,8-11,13,15H2,1-4H3;4,7-8,11,13,15H,2-3,5-6,9-10,12H2,1H3/t17-;/m1./s1. The Balaban J connectivity index is 0.000000184. The number of carbonyl (C=O) groups excluding carboxylic acids is 3. The van der Waals surface area contributed by atoms with E-state index in [0.717, 1.165) is 59.4 Å². The summed E-state index contributed by atoms with van der Waals surface area (Å²) in [6.45, 7) is 8.42. The average Bonchev–Trinajstić information content (AvgIpc) is 3.97. The summed E-state index contributed by atoms with van der Waals surface area (Å²) in [5, 5.41) is 0. The van der Waals surface area contributed by atoms with Crippen LogP contribution in [-0.4, -0.2) is 91.9 Å². The van der Waals surface area contributed by atoms with Crippen molar-refractivity contribution in [3.05, 3.63) is 71.8 Å². The summed E-state index contributed by atoms with van der Waals surface area (Å²) in [5.41, 5.74) is 4.20. The van der Waals surface area contributed by atoms with Crippen molar-refractivity contribution in [2.45, 2.75) is 71.3 Å². The monoisotopic (exact) mass is 807 g/mol. The zero-order chi connectivity index (χ0) is 41.5. The van der Waals surface area contributed by atoms with E-state index in [1.807, 2.05) is 75.4 Å². The van der Waals surface area contributed by atoms with E-state index in [1.54, 1.807) is 25.2 Å². The van der Waals surface area contributed by atoms with E-state index in [2.05, 4.69) is 9.97 Å². The van der Waals surface area contributed by atoms with E-state index >= 15 is 0 Å². The van der Waals surface area contributed by atoms with Crippen molar-refractivity contribution in [1.82, 2.24) is 14.9 Å². The number of rotatable bonds is 10. The van der Waals surface area contributed by atoms with Crippen LogP contribution in [0.25, 0.3) is 22.5 Å². The molecule has 2 fully saturated rings. The van der Waals surface area contributed by atoms with Crippen LogP contribution < -0.4 is 28.4 Å². The number of likely N-dealkylation sites (tertiary alicyclic amines) is 1. The van der Waals surface area contributed by atoms with Gasteiger partial charge in [-0.2, -0.15) is 0 Å². The van der Waals surface area contributed by atoms with Crippen LogP contribution in [-0.2, 0) is 27.2 Å². The maximum Gasteiger partial charge on any atom is 0.410 e. The highest BCUT2D eigenvalue weighted by molar-refractivity contribution is 5.86. The average molecular weight is 808 g/mol. The molecular formula is C46H53N3O10. The largest absolute Gasteiger partial charge is 0.486 e. The number of para-hydroxylation sites is 2. The van der Waals surface area contributed by atoms with Crippen LogP contribution in [0, 0.1) is 11.8 Å². The normalized spacial score (nSPS) is 17.1. The molecule has 0 bridgehead atoms. The maximum atomic E-state index is 13.1. The van der Waals surface area contributed by atoms with Crippen LogP contribution in [0.3, 0.4) is 0 Å². The first kappa shape index (κ1) is 41.3. The number of ether oxygens (including phenoxy) is 7. The molecule has 13 heteroatoms.